The van der Waals surface area contributed by atoms with Gasteiger partial charge in [0.25, 0.3) is 0 Å². The Kier molecular flexibility index (Phi) is 8.09. The van der Waals surface area contributed by atoms with Crippen LogP contribution in [0, 0.1) is 11.8 Å². The summed E-state index contributed by atoms with van der Waals surface area (Å²) >= 11 is 0. The third-order valence-corrected chi connectivity index (χ3v) is 8.29. The highest BCUT2D eigenvalue weighted by molar-refractivity contribution is 6.03. The highest BCUT2D eigenvalue weighted by atomic mass is 16.5. The molecule has 4 aliphatic heterocycles. The van der Waals surface area contributed by atoms with Crippen molar-refractivity contribution in [2.24, 2.45) is 11.8 Å². The van der Waals surface area contributed by atoms with Gasteiger partial charge in [0.2, 0.25) is 17.7 Å². The second-order valence-electron chi connectivity index (χ2n) is 10.6. The zero-order chi connectivity index (χ0) is 27.6. The van der Waals surface area contributed by atoms with E-state index in [1.165, 1.54) is 0 Å². The Morgan fingerprint density at radius 1 is 0.974 bits per heavy atom. The van der Waals surface area contributed by atoms with Gasteiger partial charge in [0.05, 0.1) is 24.5 Å². The number of hydrogen-bond acceptors (Lipinski definition) is 6. The first-order valence-electron chi connectivity index (χ1n) is 14.2. The first-order chi connectivity index (χ1) is 19.0. The van der Waals surface area contributed by atoms with E-state index in [0.717, 1.165) is 24.3 Å². The molecule has 1 unspecified atom stereocenters. The topological polar surface area (TPSA) is 99.6 Å². The molecule has 1 aromatic carbocycles. The summed E-state index contributed by atoms with van der Waals surface area (Å²) in [6, 6.07) is 6.54. The van der Waals surface area contributed by atoms with Crippen LogP contribution in [0.15, 0.2) is 48.6 Å². The largest absolute Gasteiger partial charge is 0.494 e. The summed E-state index contributed by atoms with van der Waals surface area (Å²) in [5, 5.41) is 9.36. The molecule has 0 aromatic heterocycles. The van der Waals surface area contributed by atoms with E-state index in [1.807, 2.05) is 55.5 Å². The molecule has 5 rings (SSSR count). The Bertz CT molecular complexity index is 1130. The van der Waals surface area contributed by atoms with E-state index >= 15 is 0 Å². The molecule has 0 bridgehead atoms. The molecular weight excluding hydrogens is 498 g/mol. The number of nitrogens with zero attached hydrogens (tertiary/aromatic N) is 3. The lowest BCUT2D eigenvalue weighted by molar-refractivity contribution is -0.147. The van der Waals surface area contributed by atoms with E-state index in [0.29, 0.717) is 45.6 Å². The van der Waals surface area contributed by atoms with Crippen molar-refractivity contribution in [3.05, 3.63) is 48.6 Å². The molecule has 0 saturated carbocycles. The van der Waals surface area contributed by atoms with Gasteiger partial charge in [0.15, 0.2) is 0 Å². The van der Waals surface area contributed by atoms with Crippen LogP contribution in [0.1, 0.15) is 39.5 Å². The van der Waals surface area contributed by atoms with Gasteiger partial charge >= 0.3 is 0 Å². The Morgan fingerprint density at radius 3 is 2.49 bits per heavy atom. The van der Waals surface area contributed by atoms with Crippen LogP contribution in [0.3, 0.4) is 0 Å². The van der Waals surface area contributed by atoms with Crippen molar-refractivity contribution >= 4 is 23.4 Å². The summed E-state index contributed by atoms with van der Waals surface area (Å²) in [6.07, 6.45) is 9.89. The SMILES string of the molecule is CCCCN1CC=C[C@]23O[C@H]4C=CCN(c5ccc(OCC)cc5)C(=O)[C@H]4[C@H]2C(=O)N(CCCCO)C3C1=O. The predicted molar refractivity (Wildman–Crippen MR) is 146 cm³/mol. The first-order valence-corrected chi connectivity index (χ1v) is 14.2. The molecular formula is C30H39N3O6. The maximum absolute atomic E-state index is 14.2. The normalized spacial score (nSPS) is 29.8. The maximum atomic E-state index is 14.2. The van der Waals surface area contributed by atoms with Crippen LogP contribution in [0.25, 0.3) is 0 Å². The summed E-state index contributed by atoms with van der Waals surface area (Å²) in [5.41, 5.74) is -0.499. The van der Waals surface area contributed by atoms with Crippen molar-refractivity contribution < 1.29 is 29.0 Å². The zero-order valence-electron chi connectivity index (χ0n) is 22.8. The highest BCUT2D eigenvalue weighted by Gasteiger charge is 2.71. The van der Waals surface area contributed by atoms with Crippen molar-refractivity contribution in [3.63, 3.8) is 0 Å². The third-order valence-electron chi connectivity index (χ3n) is 8.29. The Morgan fingerprint density at radius 2 is 1.77 bits per heavy atom. The fourth-order valence-corrected chi connectivity index (χ4v) is 6.49. The summed E-state index contributed by atoms with van der Waals surface area (Å²) in [7, 11) is 0. The van der Waals surface area contributed by atoms with Gasteiger partial charge in [0.1, 0.15) is 17.4 Å². The highest BCUT2D eigenvalue weighted by Crippen LogP contribution is 2.53. The molecule has 4 aliphatic rings. The Labute approximate surface area is 230 Å². The molecule has 2 fully saturated rings. The number of carbonyl (C=O) groups excluding carboxylic acids is 3. The Hall–Kier alpha value is -3.17. The van der Waals surface area contributed by atoms with Crippen molar-refractivity contribution in [3.8, 4) is 5.75 Å². The van der Waals surface area contributed by atoms with Crippen LogP contribution in [-0.2, 0) is 19.1 Å². The molecule has 39 heavy (non-hydrogen) atoms. The number of carbonyl (C=O) groups is 3. The van der Waals surface area contributed by atoms with E-state index in [1.54, 1.807) is 14.7 Å². The average molecular weight is 538 g/mol. The van der Waals surface area contributed by atoms with Crippen LogP contribution in [0.5, 0.6) is 5.75 Å². The summed E-state index contributed by atoms with van der Waals surface area (Å²) in [5.74, 6) is -1.39. The van der Waals surface area contributed by atoms with Crippen LogP contribution in [0.2, 0.25) is 0 Å². The molecule has 1 N–H and O–H groups in total. The van der Waals surface area contributed by atoms with Crippen molar-refractivity contribution in [1.29, 1.82) is 0 Å². The molecule has 9 heteroatoms. The molecule has 3 amide bonds. The number of amides is 3. The lowest BCUT2D eigenvalue weighted by atomic mass is 9.77. The van der Waals surface area contributed by atoms with Crippen molar-refractivity contribution in [1.82, 2.24) is 9.80 Å². The number of rotatable bonds is 10. The van der Waals surface area contributed by atoms with Gasteiger partial charge < -0.3 is 29.3 Å². The van der Waals surface area contributed by atoms with E-state index in [9.17, 15) is 19.5 Å². The second kappa shape index (κ2) is 11.5. The number of likely N-dealkylation sites (tertiary alicyclic amines) is 1. The number of aliphatic hydroxyl groups is 1. The number of ether oxygens (including phenoxy) is 2. The lowest BCUT2D eigenvalue weighted by Gasteiger charge is -2.35. The standard InChI is InChI=1S/C30H39N3O6/c1-3-5-16-31-17-9-15-30-25(28(36)33(18-6-7-20-34)26(30)29(31)37)24-23(39-30)10-8-19-32(27(24)35)21-11-13-22(14-12-21)38-4-2/h8-15,23-26,34H,3-7,16-20H2,1-2H3/t23-,24+,25-,26?,30-/m0/s1. The van der Waals surface area contributed by atoms with Gasteiger partial charge in [0, 0.05) is 38.5 Å². The van der Waals surface area contributed by atoms with E-state index in [-0.39, 0.29) is 24.3 Å². The number of fused-ring (bicyclic) bond motifs is 2. The number of hydrogen-bond donors (Lipinski definition) is 1. The molecule has 210 valence electrons. The maximum Gasteiger partial charge on any atom is 0.249 e. The fraction of sp³-hybridized carbons (Fsp3) is 0.567. The van der Waals surface area contributed by atoms with Crippen molar-refractivity contribution in [2.45, 2.75) is 57.3 Å². The minimum absolute atomic E-state index is 0.0132. The number of benzene rings is 1. The van der Waals surface area contributed by atoms with Gasteiger partial charge in [-0.15, -0.1) is 0 Å². The van der Waals surface area contributed by atoms with Crippen LogP contribution in [-0.4, -0.2) is 89.8 Å². The lowest BCUT2D eigenvalue weighted by Crippen LogP contribution is -2.55. The van der Waals surface area contributed by atoms with Crippen molar-refractivity contribution in [2.75, 3.05) is 44.3 Å². The van der Waals surface area contributed by atoms with E-state index < -0.39 is 29.6 Å². The molecule has 2 saturated heterocycles. The van der Waals surface area contributed by atoms with Crippen LogP contribution < -0.4 is 9.64 Å². The third kappa shape index (κ3) is 4.76. The summed E-state index contributed by atoms with van der Waals surface area (Å²) < 4.78 is 12.2. The van der Waals surface area contributed by atoms with Gasteiger partial charge in [-0.2, -0.15) is 0 Å². The minimum Gasteiger partial charge on any atom is -0.494 e. The van der Waals surface area contributed by atoms with Gasteiger partial charge in [-0.05, 0) is 50.5 Å². The van der Waals surface area contributed by atoms with E-state index in [2.05, 4.69) is 6.92 Å². The molecule has 4 heterocycles. The summed E-state index contributed by atoms with van der Waals surface area (Å²) in [4.78, 5) is 47.5. The molecule has 9 nitrogen and oxygen atoms in total. The van der Waals surface area contributed by atoms with Crippen LogP contribution in [0.4, 0.5) is 5.69 Å². The summed E-state index contributed by atoms with van der Waals surface area (Å²) in [6.45, 7) is 6.31. The fourth-order valence-electron chi connectivity index (χ4n) is 6.49. The molecule has 0 aliphatic carbocycles. The smallest absolute Gasteiger partial charge is 0.249 e. The van der Waals surface area contributed by atoms with Crippen LogP contribution >= 0.6 is 0 Å². The molecule has 0 radical (unpaired) electrons. The number of unbranched alkanes of at least 4 members (excludes halogenated alkanes) is 2. The van der Waals surface area contributed by atoms with Gasteiger partial charge in [-0.25, -0.2) is 0 Å². The molecule has 1 aromatic rings. The number of aliphatic hydroxyl groups excluding tert-OH is 1. The van der Waals surface area contributed by atoms with Gasteiger partial charge in [-0.1, -0.05) is 37.6 Å². The Balaban J connectivity index is 1.51. The molecule has 5 atom stereocenters. The second-order valence-corrected chi connectivity index (χ2v) is 10.6. The van der Waals surface area contributed by atoms with Gasteiger partial charge in [-0.3, -0.25) is 14.4 Å². The van der Waals surface area contributed by atoms with E-state index in [4.69, 9.17) is 9.47 Å². The average Bonchev–Trinajstić information content (AvgIpc) is 3.24. The number of anilines is 1. The predicted octanol–water partition coefficient (Wildman–Crippen LogP) is 2.54. The zero-order valence-corrected chi connectivity index (χ0v) is 22.8. The quantitative estimate of drug-likeness (QED) is 0.364. The monoisotopic (exact) mass is 537 g/mol. The molecule has 1 spiro atoms. The first kappa shape index (κ1) is 27.4. The minimum atomic E-state index is -1.22.